The minimum atomic E-state index is 0.0867. The summed E-state index contributed by atoms with van der Waals surface area (Å²) in [6.45, 7) is 5.61. The molecule has 1 aliphatic heterocycles. The molecule has 23 heavy (non-hydrogen) atoms. The van der Waals surface area contributed by atoms with Crippen molar-refractivity contribution in [2.45, 2.75) is 25.8 Å². The van der Waals surface area contributed by atoms with Crippen LogP contribution < -0.4 is 0 Å². The van der Waals surface area contributed by atoms with Crippen LogP contribution in [0.1, 0.15) is 28.3 Å². The van der Waals surface area contributed by atoms with Gasteiger partial charge in [0.1, 0.15) is 5.69 Å². The van der Waals surface area contributed by atoms with Crippen LogP contribution in [0.25, 0.3) is 10.4 Å². The van der Waals surface area contributed by atoms with Crippen molar-refractivity contribution in [2.75, 3.05) is 26.2 Å². The minimum absolute atomic E-state index is 0.0867. The molecular formula is C18H21N3OS. The molecule has 5 heteroatoms. The first-order chi connectivity index (χ1) is 11.2. The van der Waals surface area contributed by atoms with E-state index in [1.54, 1.807) is 11.3 Å². The van der Waals surface area contributed by atoms with Gasteiger partial charge in [-0.3, -0.25) is 9.69 Å². The number of aromatic nitrogens is 1. The third-order valence-corrected chi connectivity index (χ3v) is 5.66. The molecule has 4 rings (SSSR count). The second-order valence-electron chi connectivity index (χ2n) is 6.34. The molecule has 0 atom stereocenters. The second kappa shape index (κ2) is 6.06. The Morgan fingerprint density at radius 1 is 1.13 bits per heavy atom. The van der Waals surface area contributed by atoms with Crippen LogP contribution in [0.3, 0.4) is 0 Å². The SMILES string of the molecule is Cc1nc(C(=O)N2CCN(C3CC3)CC2)c(-c2ccccc2)s1. The van der Waals surface area contributed by atoms with Crippen LogP contribution in [0.4, 0.5) is 0 Å². The van der Waals surface area contributed by atoms with Gasteiger partial charge in [-0.15, -0.1) is 11.3 Å². The number of carbonyl (C=O) groups excluding carboxylic acids is 1. The highest BCUT2D eigenvalue weighted by Gasteiger charge is 2.33. The van der Waals surface area contributed by atoms with Crippen LogP contribution in [0.2, 0.25) is 0 Å². The number of aryl methyl sites for hydroxylation is 1. The Morgan fingerprint density at radius 3 is 2.48 bits per heavy atom. The maximum absolute atomic E-state index is 13.0. The van der Waals surface area contributed by atoms with Gasteiger partial charge >= 0.3 is 0 Å². The fourth-order valence-electron chi connectivity index (χ4n) is 3.24. The highest BCUT2D eigenvalue weighted by atomic mass is 32.1. The zero-order valence-corrected chi connectivity index (χ0v) is 14.2. The number of benzene rings is 1. The third kappa shape index (κ3) is 3.03. The van der Waals surface area contributed by atoms with Gasteiger partial charge in [0, 0.05) is 32.2 Å². The van der Waals surface area contributed by atoms with Crippen LogP contribution in [0, 0.1) is 6.92 Å². The molecule has 0 radical (unpaired) electrons. The molecule has 2 aromatic rings. The molecule has 0 N–H and O–H groups in total. The molecule has 2 aliphatic rings. The first kappa shape index (κ1) is 14.8. The maximum Gasteiger partial charge on any atom is 0.274 e. The summed E-state index contributed by atoms with van der Waals surface area (Å²) in [6.07, 6.45) is 2.66. The quantitative estimate of drug-likeness (QED) is 0.869. The van der Waals surface area contributed by atoms with E-state index < -0.39 is 0 Å². The van der Waals surface area contributed by atoms with Crippen molar-refractivity contribution in [3.8, 4) is 10.4 Å². The lowest BCUT2D eigenvalue weighted by atomic mass is 10.1. The van der Waals surface area contributed by atoms with E-state index in [9.17, 15) is 4.79 Å². The number of carbonyl (C=O) groups is 1. The molecule has 120 valence electrons. The number of hydrogen-bond donors (Lipinski definition) is 0. The molecule has 0 unspecified atom stereocenters. The molecule has 1 aromatic carbocycles. The second-order valence-corrected chi connectivity index (χ2v) is 7.54. The standard InChI is InChI=1S/C18H21N3OS/c1-13-19-16(17(23-13)14-5-3-2-4-6-14)18(22)21-11-9-20(10-12-21)15-7-8-15/h2-6,15H,7-12H2,1H3. The molecule has 1 aliphatic carbocycles. The zero-order chi connectivity index (χ0) is 15.8. The Morgan fingerprint density at radius 2 is 1.83 bits per heavy atom. The molecule has 1 amide bonds. The van der Waals surface area contributed by atoms with E-state index in [-0.39, 0.29) is 5.91 Å². The van der Waals surface area contributed by atoms with Gasteiger partial charge in [0.15, 0.2) is 0 Å². The van der Waals surface area contributed by atoms with E-state index in [4.69, 9.17) is 0 Å². The minimum Gasteiger partial charge on any atom is -0.335 e. The van der Waals surface area contributed by atoms with Gasteiger partial charge in [-0.25, -0.2) is 4.98 Å². The summed E-state index contributed by atoms with van der Waals surface area (Å²) in [5.41, 5.74) is 1.71. The van der Waals surface area contributed by atoms with Crippen LogP contribution >= 0.6 is 11.3 Å². The van der Waals surface area contributed by atoms with E-state index in [1.807, 2.05) is 30.0 Å². The van der Waals surface area contributed by atoms with E-state index in [0.29, 0.717) is 5.69 Å². The molecule has 4 nitrogen and oxygen atoms in total. The van der Waals surface area contributed by atoms with Gasteiger partial charge in [-0.1, -0.05) is 30.3 Å². The Hall–Kier alpha value is -1.72. The largest absolute Gasteiger partial charge is 0.335 e. The van der Waals surface area contributed by atoms with Crippen LogP contribution in [-0.2, 0) is 0 Å². The van der Waals surface area contributed by atoms with E-state index in [2.05, 4.69) is 22.0 Å². The van der Waals surface area contributed by atoms with Crippen LogP contribution in [-0.4, -0.2) is 52.9 Å². The van der Waals surface area contributed by atoms with E-state index in [0.717, 1.165) is 47.7 Å². The van der Waals surface area contributed by atoms with E-state index in [1.165, 1.54) is 12.8 Å². The highest BCUT2D eigenvalue weighted by molar-refractivity contribution is 7.15. The molecular weight excluding hydrogens is 306 g/mol. The van der Waals surface area contributed by atoms with Gasteiger partial charge in [0.2, 0.25) is 0 Å². The van der Waals surface area contributed by atoms with Crippen LogP contribution in [0.15, 0.2) is 30.3 Å². The van der Waals surface area contributed by atoms with Gasteiger partial charge in [-0.05, 0) is 25.3 Å². The van der Waals surface area contributed by atoms with Crippen molar-refractivity contribution in [3.05, 3.63) is 41.0 Å². The lowest BCUT2D eigenvalue weighted by molar-refractivity contribution is 0.0623. The fraction of sp³-hybridized carbons (Fsp3) is 0.444. The maximum atomic E-state index is 13.0. The van der Waals surface area contributed by atoms with Crippen molar-refractivity contribution in [1.29, 1.82) is 0 Å². The van der Waals surface area contributed by atoms with Gasteiger partial charge < -0.3 is 4.90 Å². The van der Waals surface area contributed by atoms with Crippen molar-refractivity contribution >= 4 is 17.2 Å². The molecule has 1 saturated carbocycles. The fourth-order valence-corrected chi connectivity index (χ4v) is 4.15. The van der Waals surface area contributed by atoms with Gasteiger partial charge in [0.05, 0.1) is 9.88 Å². The molecule has 2 fully saturated rings. The smallest absolute Gasteiger partial charge is 0.274 e. The first-order valence-corrected chi connectivity index (χ1v) is 9.10. The Balaban J connectivity index is 1.54. The molecule has 0 spiro atoms. The summed E-state index contributed by atoms with van der Waals surface area (Å²) < 4.78 is 0. The third-order valence-electron chi connectivity index (χ3n) is 4.64. The predicted molar refractivity (Wildman–Crippen MR) is 92.8 cm³/mol. The highest BCUT2D eigenvalue weighted by Crippen LogP contribution is 2.32. The number of hydrogen-bond acceptors (Lipinski definition) is 4. The van der Waals surface area contributed by atoms with Crippen LogP contribution in [0.5, 0.6) is 0 Å². The Bertz CT molecular complexity index is 700. The normalized spacial score (nSPS) is 19.1. The average molecular weight is 327 g/mol. The van der Waals surface area contributed by atoms with E-state index >= 15 is 0 Å². The number of amides is 1. The molecule has 0 bridgehead atoms. The summed E-state index contributed by atoms with van der Waals surface area (Å²) in [5, 5.41) is 0.948. The van der Waals surface area contributed by atoms with Gasteiger partial charge in [-0.2, -0.15) is 0 Å². The zero-order valence-electron chi connectivity index (χ0n) is 13.4. The number of nitrogens with zero attached hydrogens (tertiary/aromatic N) is 3. The van der Waals surface area contributed by atoms with Crippen molar-refractivity contribution in [2.24, 2.45) is 0 Å². The summed E-state index contributed by atoms with van der Waals surface area (Å²) in [6, 6.07) is 10.9. The molecule has 2 heterocycles. The topological polar surface area (TPSA) is 36.4 Å². The average Bonchev–Trinajstić information content (AvgIpc) is 3.37. The summed E-state index contributed by atoms with van der Waals surface area (Å²) in [5.74, 6) is 0.0867. The lowest BCUT2D eigenvalue weighted by Gasteiger charge is -2.34. The summed E-state index contributed by atoms with van der Waals surface area (Å²) in [7, 11) is 0. The van der Waals surface area contributed by atoms with Gasteiger partial charge in [0.25, 0.3) is 5.91 Å². The number of thiazole rings is 1. The number of piperazine rings is 1. The number of rotatable bonds is 3. The molecule has 1 aromatic heterocycles. The lowest BCUT2D eigenvalue weighted by Crippen LogP contribution is -2.49. The Labute approximate surface area is 140 Å². The predicted octanol–water partition coefficient (Wildman–Crippen LogP) is 3.04. The van der Waals surface area contributed by atoms with Crippen molar-refractivity contribution in [3.63, 3.8) is 0 Å². The van der Waals surface area contributed by atoms with Crippen molar-refractivity contribution in [1.82, 2.24) is 14.8 Å². The summed E-state index contributed by atoms with van der Waals surface area (Å²) in [4.78, 5) is 23.0. The summed E-state index contributed by atoms with van der Waals surface area (Å²) >= 11 is 1.61. The van der Waals surface area contributed by atoms with Crippen molar-refractivity contribution < 1.29 is 4.79 Å². The monoisotopic (exact) mass is 327 g/mol. The first-order valence-electron chi connectivity index (χ1n) is 8.28. The Kier molecular flexibility index (Phi) is 3.91. The molecule has 1 saturated heterocycles.